The topological polar surface area (TPSA) is 26.3 Å². The maximum Gasteiger partial charge on any atom is 0.149 e. The molecule has 0 amide bonds. The molecule has 1 rings (SSSR count). The molecule has 0 aromatic heterocycles. The normalized spacial score (nSPS) is 21.6. The molecular formula is C18H30O2. The summed E-state index contributed by atoms with van der Waals surface area (Å²) in [6.45, 7) is 7.02. The van der Waals surface area contributed by atoms with Crippen molar-refractivity contribution in [2.24, 2.45) is 11.3 Å². The molecule has 1 aliphatic rings. The number of hydrogen-bond donors (Lipinski definition) is 0. The lowest BCUT2D eigenvalue weighted by molar-refractivity contribution is -0.126. The van der Waals surface area contributed by atoms with E-state index in [1.54, 1.807) is 7.11 Å². The number of ether oxygens (including phenoxy) is 1. The molecule has 0 aliphatic heterocycles. The molecule has 0 radical (unpaired) electrons. The zero-order chi connectivity index (χ0) is 15.0. The highest BCUT2D eigenvalue weighted by atomic mass is 16.5. The SMILES string of the molecule is COCC1(C(=O)CCCCCCC(C)C)C=CC=C1C. The van der Waals surface area contributed by atoms with Gasteiger partial charge in [0.1, 0.15) is 5.78 Å². The van der Waals surface area contributed by atoms with Gasteiger partial charge in [-0.15, -0.1) is 0 Å². The third kappa shape index (κ3) is 4.59. The molecule has 20 heavy (non-hydrogen) atoms. The van der Waals surface area contributed by atoms with Crippen molar-refractivity contribution in [3.05, 3.63) is 23.8 Å². The second-order valence-electron chi connectivity index (χ2n) is 6.38. The van der Waals surface area contributed by atoms with Crippen molar-refractivity contribution in [2.75, 3.05) is 13.7 Å². The minimum Gasteiger partial charge on any atom is -0.383 e. The lowest BCUT2D eigenvalue weighted by Gasteiger charge is -2.27. The van der Waals surface area contributed by atoms with Crippen molar-refractivity contribution in [3.63, 3.8) is 0 Å². The van der Waals surface area contributed by atoms with E-state index in [9.17, 15) is 4.79 Å². The first-order chi connectivity index (χ1) is 9.53. The summed E-state index contributed by atoms with van der Waals surface area (Å²) in [5.74, 6) is 1.10. The smallest absolute Gasteiger partial charge is 0.149 e. The molecule has 1 atom stereocenters. The Balaban J connectivity index is 2.34. The van der Waals surface area contributed by atoms with E-state index in [2.05, 4.69) is 13.8 Å². The molecule has 0 heterocycles. The van der Waals surface area contributed by atoms with Gasteiger partial charge in [-0.1, -0.05) is 63.3 Å². The van der Waals surface area contributed by atoms with Crippen LogP contribution in [0.2, 0.25) is 0 Å². The maximum absolute atomic E-state index is 12.5. The molecule has 0 aromatic rings. The molecule has 0 spiro atoms. The quantitative estimate of drug-likeness (QED) is 0.541. The van der Waals surface area contributed by atoms with Crippen LogP contribution in [0.3, 0.4) is 0 Å². The number of hydrogen-bond acceptors (Lipinski definition) is 2. The molecule has 1 aliphatic carbocycles. The van der Waals surface area contributed by atoms with Crippen LogP contribution in [-0.2, 0) is 9.53 Å². The Morgan fingerprint density at radius 2 is 1.95 bits per heavy atom. The first-order valence-corrected chi connectivity index (χ1v) is 7.92. The number of rotatable bonds is 10. The van der Waals surface area contributed by atoms with Gasteiger partial charge in [-0.05, 0) is 19.3 Å². The van der Waals surface area contributed by atoms with Crippen LogP contribution >= 0.6 is 0 Å². The monoisotopic (exact) mass is 278 g/mol. The number of carbonyl (C=O) groups excluding carboxylic acids is 1. The Labute approximate surface area is 124 Å². The van der Waals surface area contributed by atoms with Gasteiger partial charge in [0.15, 0.2) is 0 Å². The Bertz CT molecular complexity index is 366. The minimum absolute atomic E-state index is 0.311. The van der Waals surface area contributed by atoms with E-state index >= 15 is 0 Å². The number of unbranched alkanes of at least 4 members (excludes halogenated alkanes) is 3. The first kappa shape index (κ1) is 17.2. The lowest BCUT2D eigenvalue weighted by atomic mass is 9.78. The van der Waals surface area contributed by atoms with E-state index in [1.807, 2.05) is 25.2 Å². The lowest BCUT2D eigenvalue weighted by Crippen LogP contribution is -2.33. The third-order valence-corrected chi connectivity index (χ3v) is 4.24. The van der Waals surface area contributed by atoms with Crippen molar-refractivity contribution < 1.29 is 9.53 Å². The summed E-state index contributed by atoms with van der Waals surface area (Å²) in [6.07, 6.45) is 12.7. The molecule has 0 bridgehead atoms. The fourth-order valence-electron chi connectivity index (χ4n) is 2.83. The Hall–Kier alpha value is -0.890. The average molecular weight is 278 g/mol. The third-order valence-electron chi connectivity index (χ3n) is 4.24. The van der Waals surface area contributed by atoms with Gasteiger partial charge >= 0.3 is 0 Å². The van der Waals surface area contributed by atoms with Gasteiger partial charge in [0.25, 0.3) is 0 Å². The standard InChI is InChI=1S/C18H30O2/c1-15(2)10-7-5-6-8-12-17(19)18(14-20-4)13-9-11-16(18)3/h9,11,13,15H,5-8,10,12,14H2,1-4H3. The van der Waals surface area contributed by atoms with Crippen molar-refractivity contribution >= 4 is 5.78 Å². The fourth-order valence-corrected chi connectivity index (χ4v) is 2.83. The van der Waals surface area contributed by atoms with E-state index in [1.165, 1.54) is 19.3 Å². The summed E-state index contributed by atoms with van der Waals surface area (Å²) >= 11 is 0. The van der Waals surface area contributed by atoms with Gasteiger partial charge in [0.2, 0.25) is 0 Å². The summed E-state index contributed by atoms with van der Waals surface area (Å²) in [6, 6.07) is 0. The Kier molecular flexibility index (Phi) is 7.22. The summed E-state index contributed by atoms with van der Waals surface area (Å²) in [7, 11) is 1.67. The van der Waals surface area contributed by atoms with E-state index in [-0.39, 0.29) is 0 Å². The molecule has 0 N–H and O–H groups in total. The van der Waals surface area contributed by atoms with E-state index in [0.29, 0.717) is 18.8 Å². The van der Waals surface area contributed by atoms with Crippen molar-refractivity contribution in [2.45, 2.75) is 59.3 Å². The highest BCUT2D eigenvalue weighted by molar-refractivity contribution is 5.91. The van der Waals surface area contributed by atoms with E-state index < -0.39 is 5.41 Å². The van der Waals surface area contributed by atoms with Gasteiger partial charge < -0.3 is 4.74 Å². The zero-order valence-electron chi connectivity index (χ0n) is 13.6. The largest absolute Gasteiger partial charge is 0.383 e. The second kappa shape index (κ2) is 8.41. The van der Waals surface area contributed by atoms with Crippen LogP contribution in [0.15, 0.2) is 23.8 Å². The summed E-state index contributed by atoms with van der Waals surface area (Å²) in [5.41, 5.74) is 0.635. The molecule has 114 valence electrons. The Morgan fingerprint density at radius 1 is 1.25 bits per heavy atom. The summed E-state index contributed by atoms with van der Waals surface area (Å²) in [5, 5.41) is 0. The van der Waals surface area contributed by atoms with Gasteiger partial charge in [-0.2, -0.15) is 0 Å². The predicted molar refractivity (Wildman–Crippen MR) is 84.8 cm³/mol. The van der Waals surface area contributed by atoms with Crippen LogP contribution in [0.1, 0.15) is 59.3 Å². The van der Waals surface area contributed by atoms with Crippen LogP contribution in [0, 0.1) is 11.3 Å². The van der Waals surface area contributed by atoms with Crippen LogP contribution in [0.4, 0.5) is 0 Å². The van der Waals surface area contributed by atoms with Crippen LogP contribution in [0.5, 0.6) is 0 Å². The van der Waals surface area contributed by atoms with Crippen LogP contribution < -0.4 is 0 Å². The molecule has 0 aromatic carbocycles. The average Bonchev–Trinajstić information content (AvgIpc) is 2.76. The predicted octanol–water partition coefficient (Wildman–Crippen LogP) is 4.70. The fraction of sp³-hybridized carbons (Fsp3) is 0.722. The van der Waals surface area contributed by atoms with Gasteiger partial charge in [0.05, 0.1) is 12.0 Å². The molecule has 2 nitrogen and oxygen atoms in total. The highest BCUT2D eigenvalue weighted by Crippen LogP contribution is 2.36. The second-order valence-corrected chi connectivity index (χ2v) is 6.38. The molecule has 0 fully saturated rings. The first-order valence-electron chi connectivity index (χ1n) is 7.92. The van der Waals surface area contributed by atoms with Crippen molar-refractivity contribution in [3.8, 4) is 0 Å². The number of carbonyl (C=O) groups is 1. The number of ketones is 1. The van der Waals surface area contributed by atoms with E-state index in [4.69, 9.17) is 4.74 Å². The zero-order valence-corrected chi connectivity index (χ0v) is 13.6. The summed E-state index contributed by atoms with van der Waals surface area (Å²) < 4.78 is 5.28. The molecule has 0 saturated carbocycles. The highest BCUT2D eigenvalue weighted by Gasteiger charge is 2.38. The van der Waals surface area contributed by atoms with Crippen LogP contribution in [-0.4, -0.2) is 19.5 Å². The molecular weight excluding hydrogens is 248 g/mol. The molecule has 1 unspecified atom stereocenters. The maximum atomic E-state index is 12.5. The number of methoxy groups -OCH3 is 1. The van der Waals surface area contributed by atoms with Gasteiger partial charge in [0, 0.05) is 13.5 Å². The van der Waals surface area contributed by atoms with Crippen molar-refractivity contribution in [1.29, 1.82) is 0 Å². The minimum atomic E-state index is -0.479. The number of Topliss-reactive ketones (excluding diaryl/α,β-unsaturated/α-hetero) is 1. The molecule has 2 heteroatoms. The van der Waals surface area contributed by atoms with Crippen molar-refractivity contribution in [1.82, 2.24) is 0 Å². The van der Waals surface area contributed by atoms with Gasteiger partial charge in [-0.3, -0.25) is 4.79 Å². The number of allylic oxidation sites excluding steroid dienone is 2. The van der Waals surface area contributed by atoms with Crippen LogP contribution in [0.25, 0.3) is 0 Å². The Morgan fingerprint density at radius 3 is 2.50 bits per heavy atom. The molecule has 0 saturated heterocycles. The van der Waals surface area contributed by atoms with Gasteiger partial charge in [-0.25, -0.2) is 0 Å². The summed E-state index contributed by atoms with van der Waals surface area (Å²) in [4.78, 5) is 12.5. The van der Waals surface area contributed by atoms with E-state index in [0.717, 1.165) is 24.3 Å².